The van der Waals surface area contributed by atoms with E-state index in [2.05, 4.69) is 18.7 Å². The van der Waals surface area contributed by atoms with Gasteiger partial charge in [-0.05, 0) is 48.8 Å². The lowest BCUT2D eigenvalue weighted by molar-refractivity contribution is -0.140. The third-order valence-corrected chi connectivity index (χ3v) is 6.19. The Morgan fingerprint density at radius 2 is 1.86 bits per heavy atom. The molecule has 7 heteroatoms. The molecule has 0 bridgehead atoms. The van der Waals surface area contributed by atoms with E-state index >= 15 is 0 Å². The van der Waals surface area contributed by atoms with Crippen LogP contribution in [0.25, 0.3) is 5.76 Å². The first-order chi connectivity index (χ1) is 14.0. The Balaban J connectivity index is 2.02. The lowest BCUT2D eigenvalue weighted by atomic mass is 10.00. The summed E-state index contributed by atoms with van der Waals surface area (Å²) in [5.74, 6) is -0.715. The van der Waals surface area contributed by atoms with Crippen molar-refractivity contribution in [1.29, 1.82) is 0 Å². The quantitative estimate of drug-likeness (QED) is 0.407. The molecule has 1 aliphatic heterocycles. The molecule has 29 heavy (non-hydrogen) atoms. The van der Waals surface area contributed by atoms with Crippen molar-refractivity contribution >= 4 is 28.8 Å². The Hall–Kier alpha value is -2.64. The molecule has 1 saturated heterocycles. The monoisotopic (exact) mass is 414 g/mol. The molecule has 1 atom stereocenters. The number of Topliss-reactive ketones (excluding diaryl/α,β-unsaturated/α-hetero) is 1. The lowest BCUT2D eigenvalue weighted by Crippen LogP contribution is -2.37. The van der Waals surface area contributed by atoms with Crippen molar-refractivity contribution in [2.45, 2.75) is 19.9 Å². The van der Waals surface area contributed by atoms with E-state index in [1.165, 1.54) is 11.3 Å². The van der Waals surface area contributed by atoms with Crippen LogP contribution in [0.5, 0.6) is 5.75 Å². The van der Waals surface area contributed by atoms with Gasteiger partial charge in [-0.15, -0.1) is 11.3 Å². The Kier molecular flexibility index (Phi) is 6.71. The van der Waals surface area contributed by atoms with E-state index in [-0.39, 0.29) is 11.3 Å². The van der Waals surface area contributed by atoms with Crippen LogP contribution in [0.2, 0.25) is 0 Å². The van der Waals surface area contributed by atoms with Crippen LogP contribution in [-0.2, 0) is 9.59 Å². The van der Waals surface area contributed by atoms with Crippen LogP contribution in [-0.4, -0.2) is 59.9 Å². The number of rotatable bonds is 8. The number of hydrogen-bond acceptors (Lipinski definition) is 6. The first-order valence-corrected chi connectivity index (χ1v) is 10.6. The molecule has 6 nitrogen and oxygen atoms in total. The van der Waals surface area contributed by atoms with Crippen LogP contribution in [0.1, 0.15) is 30.3 Å². The van der Waals surface area contributed by atoms with E-state index in [9.17, 15) is 14.7 Å². The van der Waals surface area contributed by atoms with Gasteiger partial charge in [-0.25, -0.2) is 0 Å². The number of hydrogen-bond donors (Lipinski definition) is 1. The summed E-state index contributed by atoms with van der Waals surface area (Å²) in [6, 6.07) is 10.0. The van der Waals surface area contributed by atoms with Crippen molar-refractivity contribution in [2.24, 2.45) is 0 Å². The van der Waals surface area contributed by atoms with Crippen molar-refractivity contribution in [2.75, 3.05) is 33.3 Å². The second-order valence-electron chi connectivity index (χ2n) is 6.76. The molecule has 154 valence electrons. The molecule has 1 aliphatic rings. The van der Waals surface area contributed by atoms with Crippen LogP contribution < -0.4 is 4.74 Å². The van der Waals surface area contributed by atoms with E-state index < -0.39 is 17.7 Å². The first kappa shape index (κ1) is 21.1. The molecule has 1 aromatic heterocycles. The van der Waals surface area contributed by atoms with Crippen LogP contribution >= 0.6 is 11.3 Å². The summed E-state index contributed by atoms with van der Waals surface area (Å²) in [4.78, 5) is 30.4. The number of thiophene rings is 1. The molecule has 0 radical (unpaired) electrons. The van der Waals surface area contributed by atoms with E-state index in [1.807, 2.05) is 17.5 Å². The fourth-order valence-electron chi connectivity index (χ4n) is 3.55. The van der Waals surface area contributed by atoms with Crippen LogP contribution in [0.3, 0.4) is 0 Å². The van der Waals surface area contributed by atoms with E-state index in [4.69, 9.17) is 4.74 Å². The molecule has 0 unspecified atom stereocenters. The fraction of sp³-hybridized carbons (Fsp3) is 0.364. The van der Waals surface area contributed by atoms with Gasteiger partial charge in [0.1, 0.15) is 11.5 Å². The highest BCUT2D eigenvalue weighted by Crippen LogP contribution is 2.41. The molecule has 1 fully saturated rings. The maximum Gasteiger partial charge on any atom is 0.295 e. The largest absolute Gasteiger partial charge is 0.507 e. The summed E-state index contributed by atoms with van der Waals surface area (Å²) in [7, 11) is 1.56. The Morgan fingerprint density at radius 3 is 2.41 bits per heavy atom. The van der Waals surface area contributed by atoms with Gasteiger partial charge in [-0.2, -0.15) is 0 Å². The summed E-state index contributed by atoms with van der Waals surface area (Å²) < 4.78 is 5.16. The van der Waals surface area contributed by atoms with Gasteiger partial charge in [0, 0.05) is 23.5 Å². The van der Waals surface area contributed by atoms with Gasteiger partial charge in [-0.3, -0.25) is 9.59 Å². The molecule has 0 aliphatic carbocycles. The van der Waals surface area contributed by atoms with E-state index in [0.29, 0.717) is 24.4 Å². The predicted molar refractivity (Wildman–Crippen MR) is 114 cm³/mol. The van der Waals surface area contributed by atoms with Gasteiger partial charge in [0.25, 0.3) is 11.7 Å². The Morgan fingerprint density at radius 1 is 1.17 bits per heavy atom. The topological polar surface area (TPSA) is 70.1 Å². The van der Waals surface area contributed by atoms with Gasteiger partial charge in [0.2, 0.25) is 0 Å². The maximum absolute atomic E-state index is 12.9. The molecule has 0 saturated carbocycles. The fourth-order valence-corrected chi connectivity index (χ4v) is 4.39. The molecule has 2 aromatic rings. The van der Waals surface area contributed by atoms with Gasteiger partial charge in [0.15, 0.2) is 0 Å². The van der Waals surface area contributed by atoms with Crippen LogP contribution in [0.4, 0.5) is 0 Å². The molecule has 3 rings (SSSR count). The number of ketones is 1. The van der Waals surface area contributed by atoms with E-state index in [1.54, 1.807) is 36.3 Å². The van der Waals surface area contributed by atoms with Crippen molar-refractivity contribution in [3.63, 3.8) is 0 Å². The second-order valence-corrected chi connectivity index (χ2v) is 7.74. The number of aliphatic hydroxyl groups excluding tert-OH is 1. The number of carbonyl (C=O) groups is 2. The molecular formula is C22H26N2O4S. The molecule has 1 amide bonds. The first-order valence-electron chi connectivity index (χ1n) is 9.70. The number of methoxy groups -OCH3 is 1. The summed E-state index contributed by atoms with van der Waals surface area (Å²) in [5.41, 5.74) is 0.622. The highest BCUT2D eigenvalue weighted by molar-refractivity contribution is 7.10. The normalized spacial score (nSPS) is 18.6. The molecule has 1 aromatic carbocycles. The summed E-state index contributed by atoms with van der Waals surface area (Å²) in [6.07, 6.45) is 0. The van der Waals surface area contributed by atoms with Gasteiger partial charge in [0.05, 0.1) is 18.7 Å². The van der Waals surface area contributed by atoms with Gasteiger partial charge in [-0.1, -0.05) is 19.9 Å². The van der Waals surface area contributed by atoms with Crippen molar-refractivity contribution < 1.29 is 19.4 Å². The molecule has 2 heterocycles. The highest BCUT2D eigenvalue weighted by atomic mass is 32.1. The lowest BCUT2D eigenvalue weighted by Gasteiger charge is -2.27. The van der Waals surface area contributed by atoms with Crippen molar-refractivity contribution in [3.05, 3.63) is 57.8 Å². The number of ether oxygens (including phenoxy) is 1. The number of likely N-dealkylation sites (tertiary alicyclic amines) is 1. The summed E-state index contributed by atoms with van der Waals surface area (Å²) in [6.45, 7) is 6.97. The zero-order chi connectivity index (χ0) is 21.0. The number of carbonyl (C=O) groups excluding carboxylic acids is 2. The number of nitrogens with zero attached hydrogens (tertiary/aromatic N) is 2. The predicted octanol–water partition coefficient (Wildman–Crippen LogP) is 3.52. The third kappa shape index (κ3) is 4.21. The zero-order valence-corrected chi connectivity index (χ0v) is 17.7. The summed E-state index contributed by atoms with van der Waals surface area (Å²) >= 11 is 1.47. The molecule has 0 spiro atoms. The highest BCUT2D eigenvalue weighted by Gasteiger charge is 2.46. The Labute approximate surface area is 175 Å². The van der Waals surface area contributed by atoms with E-state index in [0.717, 1.165) is 18.0 Å². The van der Waals surface area contributed by atoms with Gasteiger partial charge < -0.3 is 19.6 Å². The standard InChI is InChI=1S/C22H26N2O4S/c1-4-23(5-2)12-13-24-19(17-7-6-14-29-17)18(21(26)22(24)27)20(25)15-8-10-16(28-3)11-9-15/h6-11,14,19,25H,4-5,12-13H2,1-3H3/b20-18+/t19-/m0/s1. The van der Waals surface area contributed by atoms with Gasteiger partial charge >= 0.3 is 0 Å². The second kappa shape index (κ2) is 9.24. The number of likely N-dealkylation sites (N-methyl/N-ethyl adjacent to an activating group) is 1. The SMILES string of the molecule is CCN(CC)CCN1C(=O)C(=O)/C(=C(/O)c2ccc(OC)cc2)[C@@H]1c1cccs1. The minimum absolute atomic E-state index is 0.141. The van der Waals surface area contributed by atoms with Crippen LogP contribution in [0, 0.1) is 0 Å². The maximum atomic E-state index is 12.9. The number of aliphatic hydroxyl groups is 1. The summed E-state index contributed by atoms with van der Waals surface area (Å²) in [5, 5.41) is 12.9. The average molecular weight is 415 g/mol. The average Bonchev–Trinajstić information content (AvgIpc) is 3.36. The smallest absolute Gasteiger partial charge is 0.295 e. The zero-order valence-electron chi connectivity index (χ0n) is 16.9. The van der Waals surface area contributed by atoms with Crippen molar-refractivity contribution in [1.82, 2.24) is 9.80 Å². The minimum atomic E-state index is -0.642. The number of benzene rings is 1. The Bertz CT molecular complexity index is 886. The third-order valence-electron chi connectivity index (χ3n) is 5.27. The number of amides is 1. The van der Waals surface area contributed by atoms with Crippen LogP contribution in [0.15, 0.2) is 47.4 Å². The molecular weight excluding hydrogens is 388 g/mol. The van der Waals surface area contributed by atoms with Crippen molar-refractivity contribution in [3.8, 4) is 5.75 Å². The minimum Gasteiger partial charge on any atom is -0.507 e. The molecule has 1 N–H and O–H groups in total.